The zero-order valence-electron chi connectivity index (χ0n) is 53.0. The summed E-state index contributed by atoms with van der Waals surface area (Å²) in [5.41, 5.74) is 24.7. The van der Waals surface area contributed by atoms with Crippen LogP contribution in [0.4, 0.5) is 0 Å². The van der Waals surface area contributed by atoms with Crippen LogP contribution in [-0.4, -0.2) is 0 Å². The molecule has 0 aliphatic carbocycles. The van der Waals surface area contributed by atoms with Crippen LogP contribution in [0.3, 0.4) is 0 Å². The highest BCUT2D eigenvalue weighted by atomic mass is 14.2. The molecule has 0 aliphatic heterocycles. The number of fused-ring (bicyclic) bond motifs is 6. The number of rotatable bonds is 10. The molecule has 0 bridgehead atoms. The average molecular weight is 1220 g/mol. The molecule has 0 heterocycles. The van der Waals surface area contributed by atoms with Crippen molar-refractivity contribution in [1.82, 2.24) is 0 Å². The summed E-state index contributed by atoms with van der Waals surface area (Å²) in [6, 6.07) is 142. The topological polar surface area (TPSA) is 0 Å². The normalized spacial score (nSPS) is 11.3. The van der Waals surface area contributed by atoms with Crippen molar-refractivity contribution in [1.29, 1.82) is 0 Å². The number of hydrogen-bond acceptors (Lipinski definition) is 0. The van der Waals surface area contributed by atoms with Crippen molar-refractivity contribution in [3.05, 3.63) is 388 Å². The second-order valence-electron chi connectivity index (χ2n) is 25.0. The maximum absolute atomic E-state index is 2.42. The molecule has 448 valence electrons. The Hall–Kier alpha value is -12.5. The highest BCUT2D eigenvalue weighted by molar-refractivity contribution is 6.24. The predicted octanol–water partition coefficient (Wildman–Crippen LogP) is 27.0. The minimum atomic E-state index is 1.22. The summed E-state index contributed by atoms with van der Waals surface area (Å²) >= 11 is 0. The fourth-order valence-electron chi connectivity index (χ4n) is 14.6. The lowest BCUT2D eigenvalue weighted by atomic mass is 9.84. The van der Waals surface area contributed by atoms with E-state index in [0.717, 1.165) is 0 Å². The first-order valence-electron chi connectivity index (χ1n) is 33.2. The van der Waals surface area contributed by atoms with Crippen LogP contribution in [0.1, 0.15) is 0 Å². The van der Waals surface area contributed by atoms with E-state index in [1.807, 2.05) is 0 Å². The Bertz CT molecular complexity index is 5840. The molecule has 0 radical (unpaired) electrons. The summed E-state index contributed by atoms with van der Waals surface area (Å²) < 4.78 is 0. The Morgan fingerprint density at radius 3 is 0.760 bits per heavy atom. The largest absolute Gasteiger partial charge is 0.0622 e. The lowest BCUT2D eigenvalue weighted by Crippen LogP contribution is -1.92. The van der Waals surface area contributed by atoms with Crippen LogP contribution >= 0.6 is 0 Å². The lowest BCUT2D eigenvalue weighted by molar-refractivity contribution is 1.60. The van der Waals surface area contributed by atoms with Gasteiger partial charge in [0.15, 0.2) is 0 Å². The van der Waals surface area contributed by atoms with Gasteiger partial charge < -0.3 is 0 Å². The van der Waals surface area contributed by atoms with Crippen LogP contribution in [-0.2, 0) is 0 Å². The second kappa shape index (κ2) is 25.2. The van der Waals surface area contributed by atoms with E-state index in [0.29, 0.717) is 0 Å². The molecule has 0 heteroatoms. The third-order valence-corrected chi connectivity index (χ3v) is 19.4. The van der Waals surface area contributed by atoms with E-state index in [4.69, 9.17) is 0 Å². The van der Waals surface area contributed by atoms with Gasteiger partial charge in [0, 0.05) is 0 Å². The van der Waals surface area contributed by atoms with Gasteiger partial charge in [-0.3, -0.25) is 0 Å². The smallest absolute Gasteiger partial charge is 0.00261 e. The van der Waals surface area contributed by atoms with E-state index in [9.17, 15) is 0 Å². The lowest BCUT2D eigenvalue weighted by Gasteiger charge is -2.19. The van der Waals surface area contributed by atoms with Gasteiger partial charge in [-0.15, -0.1) is 0 Å². The van der Waals surface area contributed by atoms with Crippen molar-refractivity contribution in [3.63, 3.8) is 0 Å². The summed E-state index contributed by atoms with van der Waals surface area (Å²) in [6.45, 7) is 0. The highest BCUT2D eigenvalue weighted by Crippen LogP contribution is 2.48. The van der Waals surface area contributed by atoms with Crippen molar-refractivity contribution in [2.45, 2.75) is 0 Å². The van der Waals surface area contributed by atoms with Crippen molar-refractivity contribution < 1.29 is 0 Å². The Balaban J connectivity index is 0.000000145. The standard InChI is InChI=1S/2C48H32/c1-3-12-33(13-4-1)35-22-26-38(27-23-35)47-43-19-9-10-20-44(43)48(39-28-24-36(25-29-39)34-14-5-2-6-15-34)46-32-40(30-31-45(46)47)42-21-11-17-37-16-7-8-18-41(37)42;1-3-11-33(12-4-1)36-19-24-38(25-20-36)47-43-17-9-10-18-44(43)48(39-26-21-37(22-27-39)34-13-5-2-6-14-34)46-32-42(29-30-45(46)47)41-28-23-35-15-7-8-16-40(35)31-41/h2*1-32H. The van der Waals surface area contributed by atoms with E-state index in [2.05, 4.69) is 388 Å². The van der Waals surface area contributed by atoms with E-state index in [-0.39, 0.29) is 0 Å². The molecule has 0 nitrogen and oxygen atoms in total. The van der Waals surface area contributed by atoms with Crippen LogP contribution in [0.25, 0.3) is 176 Å². The van der Waals surface area contributed by atoms with Gasteiger partial charge in [0.2, 0.25) is 0 Å². The molecule has 96 heavy (non-hydrogen) atoms. The van der Waals surface area contributed by atoms with Gasteiger partial charge in [0.05, 0.1) is 0 Å². The Labute approximate surface area is 560 Å². The van der Waals surface area contributed by atoms with E-state index in [1.54, 1.807) is 0 Å². The zero-order chi connectivity index (χ0) is 63.7. The first-order chi connectivity index (χ1) is 47.6. The first kappa shape index (κ1) is 57.4. The van der Waals surface area contributed by atoms with Crippen LogP contribution < -0.4 is 0 Å². The number of benzene rings is 18. The van der Waals surface area contributed by atoms with E-state index >= 15 is 0 Å². The minimum Gasteiger partial charge on any atom is -0.0622 e. The molecule has 0 aliphatic rings. The highest BCUT2D eigenvalue weighted by Gasteiger charge is 2.21. The minimum absolute atomic E-state index is 1.22. The molecule has 0 fully saturated rings. The van der Waals surface area contributed by atoms with Crippen LogP contribution in [0, 0.1) is 0 Å². The first-order valence-corrected chi connectivity index (χ1v) is 33.2. The molecule has 18 aromatic rings. The molecule has 0 unspecified atom stereocenters. The molecule has 0 saturated carbocycles. The van der Waals surface area contributed by atoms with Crippen LogP contribution in [0.2, 0.25) is 0 Å². The maximum Gasteiger partial charge on any atom is -0.00261 e. The molecule has 0 spiro atoms. The summed E-state index contributed by atoms with van der Waals surface area (Å²) in [6.07, 6.45) is 0. The fraction of sp³-hybridized carbons (Fsp3) is 0. The van der Waals surface area contributed by atoms with E-state index < -0.39 is 0 Å². The van der Waals surface area contributed by atoms with Crippen LogP contribution in [0.15, 0.2) is 388 Å². The number of hydrogen-bond donors (Lipinski definition) is 0. The molecule has 18 rings (SSSR count). The van der Waals surface area contributed by atoms with Crippen molar-refractivity contribution in [2.75, 3.05) is 0 Å². The van der Waals surface area contributed by atoms with Gasteiger partial charge in [0.1, 0.15) is 0 Å². The second-order valence-corrected chi connectivity index (χ2v) is 25.0. The van der Waals surface area contributed by atoms with Crippen LogP contribution in [0.5, 0.6) is 0 Å². The zero-order valence-corrected chi connectivity index (χ0v) is 53.0. The summed E-state index contributed by atoms with van der Waals surface area (Å²) in [7, 11) is 0. The molecular weight excluding hydrogens is 1150 g/mol. The van der Waals surface area contributed by atoms with Crippen molar-refractivity contribution >= 4 is 64.6 Å². The molecule has 0 atom stereocenters. The van der Waals surface area contributed by atoms with Crippen molar-refractivity contribution in [3.8, 4) is 111 Å². The fourth-order valence-corrected chi connectivity index (χ4v) is 14.6. The third-order valence-electron chi connectivity index (χ3n) is 19.4. The molecule has 18 aromatic carbocycles. The summed E-state index contributed by atoms with van der Waals surface area (Å²) in [5.74, 6) is 0. The average Bonchev–Trinajstić information content (AvgIpc) is 0.737. The molecule has 0 amide bonds. The Kier molecular flexibility index (Phi) is 15.1. The van der Waals surface area contributed by atoms with Gasteiger partial charge in [-0.1, -0.05) is 370 Å². The summed E-state index contributed by atoms with van der Waals surface area (Å²) in [4.78, 5) is 0. The Morgan fingerprint density at radius 1 is 0.104 bits per heavy atom. The predicted molar refractivity (Wildman–Crippen MR) is 412 cm³/mol. The van der Waals surface area contributed by atoms with E-state index in [1.165, 1.54) is 176 Å². The SMILES string of the molecule is c1ccc(-c2ccc(-c3c4ccccc4c(-c4ccc(-c5ccccc5)cc4)c4cc(-c5ccc6ccccc6c5)ccc34)cc2)cc1.c1ccc(-c2ccc(-c3c4ccccc4c(-c4ccc(-c5ccccc5)cc4)c4cc(-c5cccc6ccccc56)ccc34)cc2)cc1. The van der Waals surface area contributed by atoms with Gasteiger partial charge in [-0.05, 0) is 194 Å². The summed E-state index contributed by atoms with van der Waals surface area (Å²) in [5, 5.41) is 15.1. The molecular formula is C96H64. The molecule has 0 saturated heterocycles. The Morgan fingerprint density at radius 2 is 0.354 bits per heavy atom. The van der Waals surface area contributed by atoms with Gasteiger partial charge in [-0.25, -0.2) is 0 Å². The molecule has 0 N–H and O–H groups in total. The quantitative estimate of drug-likeness (QED) is 0.120. The van der Waals surface area contributed by atoms with Crippen molar-refractivity contribution in [2.24, 2.45) is 0 Å². The van der Waals surface area contributed by atoms with Gasteiger partial charge in [-0.2, -0.15) is 0 Å². The molecule has 0 aromatic heterocycles. The van der Waals surface area contributed by atoms with Gasteiger partial charge >= 0.3 is 0 Å². The maximum atomic E-state index is 2.42. The monoisotopic (exact) mass is 1220 g/mol. The van der Waals surface area contributed by atoms with Gasteiger partial charge in [0.25, 0.3) is 0 Å². The third kappa shape index (κ3) is 10.9.